The SMILES string of the molecule is C=C1/C(=C\C=C2/CCC[C@]3(C)[C@@H]([C@H](C)C(CC(=O)C4(c5ccc(CCCC)cc5)CC4)OC(C)=O)CC[C@@H]23)C[C@@H](O[Si](C)(C)C(C)(C)C)C[C@@H]1O[Si](C)(C)C(C)(C)C. The number of esters is 1. The zero-order valence-corrected chi connectivity index (χ0v) is 41.4. The molecule has 5 rings (SSSR count). The van der Waals surface area contributed by atoms with Crippen LogP contribution >= 0.6 is 0 Å². The van der Waals surface area contributed by atoms with E-state index in [0.717, 1.165) is 75.3 Å². The number of benzene rings is 1. The first kappa shape index (κ1) is 47.0. The standard InChI is InChI=1S/C51H82O5Si2/c1-16-17-19-38-21-25-41(26-22-38)51(30-31-51)47(53)34-45(54-37(4)52)36(3)43-27-28-44-39(20-18-29-50(43,44)11)23-24-40-32-42(55-57(12,13)48(5,6)7)33-46(35(40)2)56-58(14,15)49(8,9)10/h21-26,36,42-46H,2,16-20,27-34H2,1,3-15H3/b39-23+,40-24-/t36-,42+,43+,44-,45?,46-,50+/m0/s1. The van der Waals surface area contributed by atoms with Crippen LogP contribution in [0.25, 0.3) is 0 Å². The number of fused-ring (bicyclic) bond motifs is 1. The number of allylic oxidation sites excluding steroid dienone is 3. The molecule has 1 aromatic rings. The van der Waals surface area contributed by atoms with Gasteiger partial charge in [-0.05, 0) is 146 Å². The van der Waals surface area contributed by atoms with Crippen molar-refractivity contribution < 1.29 is 23.2 Å². The van der Waals surface area contributed by atoms with Gasteiger partial charge in [0.05, 0.1) is 17.6 Å². The van der Waals surface area contributed by atoms with Crippen LogP contribution in [0.15, 0.2) is 59.7 Å². The van der Waals surface area contributed by atoms with E-state index in [1.54, 1.807) is 0 Å². The second kappa shape index (κ2) is 17.7. The first-order chi connectivity index (χ1) is 26.8. The Balaban J connectivity index is 1.36. The van der Waals surface area contributed by atoms with Crippen molar-refractivity contribution in [1.82, 2.24) is 0 Å². The number of unbranched alkanes of at least 4 members (excludes halogenated alkanes) is 1. The number of hydrogen-bond acceptors (Lipinski definition) is 5. The van der Waals surface area contributed by atoms with E-state index in [1.165, 1.54) is 36.5 Å². The van der Waals surface area contributed by atoms with Crippen molar-refractivity contribution in [2.75, 3.05) is 0 Å². The smallest absolute Gasteiger partial charge is 0.302 e. The molecule has 4 fully saturated rings. The fourth-order valence-corrected chi connectivity index (χ4v) is 13.0. The van der Waals surface area contributed by atoms with Gasteiger partial charge in [0.15, 0.2) is 16.6 Å². The fourth-order valence-electron chi connectivity index (χ4n) is 10.3. The molecule has 0 aliphatic heterocycles. The van der Waals surface area contributed by atoms with E-state index in [-0.39, 0.29) is 45.4 Å². The van der Waals surface area contributed by atoms with Crippen molar-refractivity contribution in [1.29, 1.82) is 0 Å². The minimum absolute atomic E-state index is 0.0387. The molecule has 7 atom stereocenters. The van der Waals surface area contributed by atoms with Crippen LogP contribution in [0, 0.1) is 23.2 Å². The van der Waals surface area contributed by atoms with Gasteiger partial charge in [0.2, 0.25) is 0 Å². The first-order valence-electron chi connectivity index (χ1n) is 23.1. The van der Waals surface area contributed by atoms with Crippen LogP contribution in [-0.4, -0.2) is 46.7 Å². The van der Waals surface area contributed by atoms with Gasteiger partial charge in [-0.25, -0.2) is 0 Å². The van der Waals surface area contributed by atoms with E-state index in [0.29, 0.717) is 18.3 Å². The number of rotatable bonds is 15. The molecule has 0 radical (unpaired) electrons. The molecule has 4 aliphatic rings. The molecule has 58 heavy (non-hydrogen) atoms. The number of hydrogen-bond donors (Lipinski definition) is 0. The molecule has 7 heteroatoms. The zero-order chi connectivity index (χ0) is 43.1. The van der Waals surface area contributed by atoms with E-state index < -0.39 is 28.2 Å². The normalized spacial score (nSPS) is 29.0. The number of ether oxygens (including phenoxy) is 1. The molecule has 0 heterocycles. The van der Waals surface area contributed by atoms with Gasteiger partial charge in [0, 0.05) is 19.8 Å². The number of carbonyl (C=O) groups excluding carboxylic acids is 2. The lowest BCUT2D eigenvalue weighted by Gasteiger charge is -2.46. The second-order valence-electron chi connectivity index (χ2n) is 22.4. The van der Waals surface area contributed by atoms with Crippen LogP contribution in [0.2, 0.25) is 36.3 Å². The summed E-state index contributed by atoms with van der Waals surface area (Å²) in [4.78, 5) is 26.9. The molecule has 324 valence electrons. The van der Waals surface area contributed by atoms with Crippen molar-refractivity contribution in [3.05, 3.63) is 70.8 Å². The van der Waals surface area contributed by atoms with Gasteiger partial charge in [-0.15, -0.1) is 0 Å². The Kier molecular flexibility index (Phi) is 14.4. The van der Waals surface area contributed by atoms with E-state index in [9.17, 15) is 9.59 Å². The Hall–Kier alpha value is -2.07. The van der Waals surface area contributed by atoms with E-state index in [4.69, 9.17) is 20.2 Å². The molecule has 0 bridgehead atoms. The van der Waals surface area contributed by atoms with Crippen LogP contribution < -0.4 is 0 Å². The zero-order valence-electron chi connectivity index (χ0n) is 39.4. The molecule has 0 N–H and O–H groups in total. The third kappa shape index (κ3) is 10.2. The second-order valence-corrected chi connectivity index (χ2v) is 31.9. The monoisotopic (exact) mass is 831 g/mol. The number of Topliss-reactive ketones (excluding diaryl/α,β-unsaturated/α-hetero) is 1. The van der Waals surface area contributed by atoms with Gasteiger partial charge in [-0.2, -0.15) is 0 Å². The highest BCUT2D eigenvalue weighted by Gasteiger charge is 2.55. The Morgan fingerprint density at radius 1 is 0.931 bits per heavy atom. The Morgan fingerprint density at radius 3 is 2.12 bits per heavy atom. The summed E-state index contributed by atoms with van der Waals surface area (Å²) in [5.74, 6) is 0.878. The lowest BCUT2D eigenvalue weighted by molar-refractivity contribution is -0.153. The number of ketones is 1. The van der Waals surface area contributed by atoms with Crippen molar-refractivity contribution in [3.8, 4) is 0 Å². The van der Waals surface area contributed by atoms with E-state index in [1.807, 2.05) is 0 Å². The summed E-state index contributed by atoms with van der Waals surface area (Å²) in [6.07, 6.45) is 17.4. The predicted octanol–water partition coefficient (Wildman–Crippen LogP) is 13.8. The maximum Gasteiger partial charge on any atom is 0.302 e. The third-order valence-corrected chi connectivity index (χ3v) is 25.3. The molecule has 1 aromatic carbocycles. The van der Waals surface area contributed by atoms with Crippen molar-refractivity contribution in [2.24, 2.45) is 23.2 Å². The molecule has 1 unspecified atom stereocenters. The lowest BCUT2D eigenvalue weighted by Crippen LogP contribution is -2.49. The van der Waals surface area contributed by atoms with Crippen molar-refractivity contribution >= 4 is 28.4 Å². The molecule has 5 nitrogen and oxygen atoms in total. The van der Waals surface area contributed by atoms with Gasteiger partial charge in [0.25, 0.3) is 0 Å². The average Bonchev–Trinajstić information content (AvgIpc) is 3.85. The molecule has 4 saturated carbocycles. The minimum Gasteiger partial charge on any atom is -0.462 e. The average molecular weight is 831 g/mol. The topological polar surface area (TPSA) is 61.8 Å². The summed E-state index contributed by atoms with van der Waals surface area (Å²) >= 11 is 0. The molecule has 0 spiro atoms. The summed E-state index contributed by atoms with van der Waals surface area (Å²) < 4.78 is 20.4. The molecule has 4 aliphatic carbocycles. The summed E-state index contributed by atoms with van der Waals surface area (Å²) in [6.45, 7) is 36.5. The third-order valence-electron chi connectivity index (χ3n) is 16.3. The quantitative estimate of drug-likeness (QED) is 0.130. The van der Waals surface area contributed by atoms with Gasteiger partial charge in [0.1, 0.15) is 11.9 Å². The highest BCUT2D eigenvalue weighted by Crippen LogP contribution is 2.60. The predicted molar refractivity (Wildman–Crippen MR) is 247 cm³/mol. The summed E-state index contributed by atoms with van der Waals surface area (Å²) in [5, 5.41) is 0.239. The van der Waals surface area contributed by atoms with Gasteiger partial charge in [-0.1, -0.05) is 117 Å². The minimum atomic E-state index is -2.05. The Labute approximate surface area is 356 Å². The maximum absolute atomic E-state index is 14.2. The van der Waals surface area contributed by atoms with Crippen LogP contribution in [0.1, 0.15) is 157 Å². The van der Waals surface area contributed by atoms with Gasteiger partial charge < -0.3 is 13.6 Å². The summed E-state index contributed by atoms with van der Waals surface area (Å²) in [7, 11) is -4.05. The van der Waals surface area contributed by atoms with Crippen LogP contribution in [0.4, 0.5) is 0 Å². The number of aryl methyl sites for hydroxylation is 1. The Morgan fingerprint density at radius 2 is 1.55 bits per heavy atom. The maximum atomic E-state index is 14.2. The van der Waals surface area contributed by atoms with Crippen LogP contribution in [-0.2, 0) is 35.0 Å². The first-order valence-corrected chi connectivity index (χ1v) is 28.9. The molecule has 0 aromatic heterocycles. The van der Waals surface area contributed by atoms with Crippen LogP contribution in [0.3, 0.4) is 0 Å². The molecule has 0 saturated heterocycles. The Bertz CT molecular complexity index is 1700. The molecule has 0 amide bonds. The molecular formula is C51H82O5Si2. The van der Waals surface area contributed by atoms with E-state index in [2.05, 4.69) is 125 Å². The van der Waals surface area contributed by atoms with E-state index >= 15 is 0 Å². The van der Waals surface area contributed by atoms with Crippen molar-refractivity contribution in [3.63, 3.8) is 0 Å². The van der Waals surface area contributed by atoms with Crippen LogP contribution in [0.5, 0.6) is 0 Å². The van der Waals surface area contributed by atoms with Crippen molar-refractivity contribution in [2.45, 2.75) is 213 Å². The number of carbonyl (C=O) groups is 2. The van der Waals surface area contributed by atoms with Gasteiger partial charge in [-0.3, -0.25) is 9.59 Å². The highest BCUT2D eigenvalue weighted by molar-refractivity contribution is 6.74. The summed E-state index contributed by atoms with van der Waals surface area (Å²) in [6, 6.07) is 8.78. The van der Waals surface area contributed by atoms with Gasteiger partial charge >= 0.3 is 5.97 Å². The fraction of sp³-hybridized carbons (Fsp3) is 0.725. The molecular weight excluding hydrogens is 749 g/mol. The lowest BCUT2D eigenvalue weighted by atomic mass is 9.60. The summed E-state index contributed by atoms with van der Waals surface area (Å²) in [5.41, 5.74) is 6.07. The highest BCUT2D eigenvalue weighted by atomic mass is 28.4. The largest absolute Gasteiger partial charge is 0.462 e.